The van der Waals surface area contributed by atoms with Crippen molar-refractivity contribution in [3.63, 3.8) is 0 Å². The minimum absolute atomic E-state index is 0.628. The molecule has 8 heteroatoms. The monoisotopic (exact) mass is 1330 g/mol. The van der Waals surface area contributed by atoms with Gasteiger partial charge in [-0.05, 0) is 100 Å². The molecule has 478 valence electrons. The van der Waals surface area contributed by atoms with Gasteiger partial charge >= 0.3 is 0 Å². The summed E-state index contributed by atoms with van der Waals surface area (Å²) >= 11 is 0. The van der Waals surface area contributed by atoms with Gasteiger partial charge in [0, 0.05) is 43.4 Å². The molecule has 0 spiro atoms. The Bertz CT molecular complexity index is 6250. The summed E-state index contributed by atoms with van der Waals surface area (Å²) in [5, 5.41) is 16.9. The molecule has 0 fully saturated rings. The van der Waals surface area contributed by atoms with Crippen LogP contribution >= 0.6 is 0 Å². The van der Waals surface area contributed by atoms with Gasteiger partial charge in [0.25, 0.3) is 0 Å². The summed E-state index contributed by atoms with van der Waals surface area (Å²) in [6, 6.07) is 143. The number of hydrogen-bond donors (Lipinski definition) is 0. The largest absolute Gasteiger partial charge is 0.278 e. The van der Waals surface area contributed by atoms with Gasteiger partial charge in [0.1, 0.15) is 0 Å². The van der Waals surface area contributed by atoms with E-state index in [-0.39, 0.29) is 0 Å². The number of aromatic nitrogens is 6. The molecule has 0 saturated heterocycles. The van der Waals surface area contributed by atoms with E-state index in [9.17, 15) is 0 Å². The fourth-order valence-corrected chi connectivity index (χ4v) is 25.9. The first kappa shape index (κ1) is 60.2. The van der Waals surface area contributed by atoms with E-state index in [0.717, 1.165) is 93.9 Å². The van der Waals surface area contributed by atoms with Gasteiger partial charge in [0.2, 0.25) is 11.9 Å². The third-order valence-corrected chi connectivity index (χ3v) is 30.4. The van der Waals surface area contributed by atoms with Gasteiger partial charge in [0.05, 0.1) is 44.5 Å². The molecule has 0 aliphatic heterocycles. The predicted octanol–water partition coefficient (Wildman–Crippen LogP) is 17.2. The normalized spacial score (nSPS) is 11.9. The number of benzene rings is 15. The Morgan fingerprint density at radius 3 is 0.912 bits per heavy atom. The fraction of sp³-hybridized carbons (Fsp3) is 0. The topological polar surface area (TPSA) is 61.4 Å². The summed E-state index contributed by atoms with van der Waals surface area (Å²) in [5.74, 6) is 1.27. The molecule has 4 aromatic heterocycles. The molecule has 15 aromatic carbocycles. The van der Waals surface area contributed by atoms with Crippen LogP contribution in [0, 0.1) is 0 Å². The predicted molar refractivity (Wildman–Crippen MR) is 430 cm³/mol. The van der Waals surface area contributed by atoms with Gasteiger partial charge in [-0.1, -0.05) is 352 Å². The molecule has 0 aliphatic rings. The van der Waals surface area contributed by atoms with Crippen LogP contribution in [0.25, 0.3) is 122 Å². The summed E-state index contributed by atoms with van der Waals surface area (Å²) in [6.07, 6.45) is 0. The van der Waals surface area contributed by atoms with Crippen molar-refractivity contribution in [2.75, 3.05) is 0 Å². The Balaban J connectivity index is 0.780. The molecule has 0 radical (unpaired) electrons. The number of hydrogen-bond acceptors (Lipinski definition) is 4. The summed E-state index contributed by atoms with van der Waals surface area (Å²) in [5.41, 5.74) is 14.5. The lowest BCUT2D eigenvalue weighted by Crippen LogP contribution is -2.74. The highest BCUT2D eigenvalue weighted by molar-refractivity contribution is 7.20. The van der Waals surface area contributed by atoms with Crippen LogP contribution in [-0.4, -0.2) is 45.2 Å². The third-order valence-electron chi connectivity index (χ3n) is 20.9. The van der Waals surface area contributed by atoms with Crippen LogP contribution in [0.4, 0.5) is 0 Å². The molecule has 0 N–H and O–H groups in total. The molecule has 0 aliphatic carbocycles. The van der Waals surface area contributed by atoms with Crippen molar-refractivity contribution in [1.29, 1.82) is 0 Å². The Morgan fingerprint density at radius 2 is 0.471 bits per heavy atom. The highest BCUT2D eigenvalue weighted by atomic mass is 28.3. The van der Waals surface area contributed by atoms with Gasteiger partial charge in [-0.15, -0.1) is 0 Å². The lowest BCUT2D eigenvalue weighted by atomic mass is 10.0. The molecule has 0 bridgehead atoms. The van der Waals surface area contributed by atoms with E-state index in [1.807, 2.05) is 0 Å². The van der Waals surface area contributed by atoms with Gasteiger partial charge in [0.15, 0.2) is 16.1 Å². The van der Waals surface area contributed by atoms with Crippen molar-refractivity contribution >= 4 is 123 Å². The highest BCUT2D eigenvalue weighted by Crippen LogP contribution is 2.37. The van der Waals surface area contributed by atoms with Crippen molar-refractivity contribution in [2.45, 2.75) is 0 Å². The zero-order chi connectivity index (χ0) is 67.6. The first-order valence-corrected chi connectivity index (χ1v) is 38.8. The zero-order valence-electron chi connectivity index (χ0n) is 55.6. The van der Waals surface area contributed by atoms with Crippen LogP contribution in [0.3, 0.4) is 0 Å². The van der Waals surface area contributed by atoms with E-state index in [2.05, 4.69) is 397 Å². The van der Waals surface area contributed by atoms with Crippen LogP contribution < -0.4 is 41.5 Å². The minimum atomic E-state index is -3.22. The van der Waals surface area contributed by atoms with E-state index < -0.39 is 16.1 Å². The lowest BCUT2D eigenvalue weighted by molar-refractivity contribution is 1.01. The Labute approximate surface area is 593 Å². The second-order valence-electron chi connectivity index (χ2n) is 26.4. The zero-order valence-corrected chi connectivity index (χ0v) is 57.6. The lowest BCUT2D eigenvalue weighted by Gasteiger charge is -2.35. The molecule has 6 nitrogen and oxygen atoms in total. The van der Waals surface area contributed by atoms with Crippen LogP contribution in [0.2, 0.25) is 0 Å². The number of nitrogens with zero attached hydrogens (tertiary/aromatic N) is 6. The van der Waals surface area contributed by atoms with Crippen molar-refractivity contribution < 1.29 is 0 Å². The van der Waals surface area contributed by atoms with Crippen molar-refractivity contribution in [3.8, 4) is 56.7 Å². The molecule has 0 atom stereocenters. The molecule has 0 amide bonds. The van der Waals surface area contributed by atoms with Gasteiger partial charge in [-0.3, -0.25) is 9.13 Å². The Morgan fingerprint density at radius 1 is 0.176 bits per heavy atom. The maximum atomic E-state index is 5.64. The third kappa shape index (κ3) is 9.90. The smallest absolute Gasteiger partial charge is 0.235 e. The van der Waals surface area contributed by atoms with E-state index in [4.69, 9.17) is 19.9 Å². The van der Waals surface area contributed by atoms with E-state index in [1.54, 1.807) is 0 Å². The average molecular weight is 1330 g/mol. The first-order valence-electron chi connectivity index (χ1n) is 34.8. The van der Waals surface area contributed by atoms with E-state index >= 15 is 0 Å². The summed E-state index contributed by atoms with van der Waals surface area (Å²) in [7, 11) is -6.43. The van der Waals surface area contributed by atoms with Crippen molar-refractivity contribution in [2.24, 2.45) is 0 Å². The molecule has 0 saturated carbocycles. The van der Waals surface area contributed by atoms with Crippen LogP contribution in [0.5, 0.6) is 0 Å². The molecular weight excluding hydrogens is 1270 g/mol. The molecular formula is C94H64N6Si2. The number of para-hydroxylation sites is 5. The molecule has 19 rings (SSSR count). The highest BCUT2D eigenvalue weighted by Gasteiger charge is 2.44. The van der Waals surface area contributed by atoms with Crippen LogP contribution in [-0.2, 0) is 0 Å². The van der Waals surface area contributed by atoms with Gasteiger partial charge < -0.3 is 0 Å². The molecule has 19 aromatic rings. The maximum Gasteiger partial charge on any atom is 0.235 e. The summed E-state index contributed by atoms with van der Waals surface area (Å²) in [4.78, 5) is 21.9. The SMILES string of the molecule is c1ccc(-c2ccc(-c3nc(-n4c5ccccc5c5cc([Si](c6ccccc6)(c6ccccc6)c6cccc(-c7cccc([Si](c8ccccc8)(c8ccccc8)c8cccc(-c9nc(-n%10c%11ccccc%11c%11ccccc%11%10)nc%10ccccc9%10)c8)c7)c6)ccc54)nc4ccccc34)cc2)cc1. The van der Waals surface area contributed by atoms with Crippen molar-refractivity contribution in [3.05, 3.63) is 388 Å². The van der Waals surface area contributed by atoms with E-state index in [1.165, 1.54) is 57.8 Å². The second-order valence-corrected chi connectivity index (χ2v) is 34.0. The maximum absolute atomic E-state index is 5.64. The van der Waals surface area contributed by atoms with Crippen molar-refractivity contribution in [1.82, 2.24) is 29.1 Å². The second kappa shape index (κ2) is 25.1. The number of rotatable bonds is 14. The van der Waals surface area contributed by atoms with Gasteiger partial charge in [-0.2, -0.15) is 0 Å². The average Bonchev–Trinajstić information content (AvgIpc) is 1.57. The van der Waals surface area contributed by atoms with Gasteiger partial charge in [-0.25, -0.2) is 19.9 Å². The quantitative estimate of drug-likeness (QED) is 0.0804. The molecule has 0 unspecified atom stereocenters. The Hall–Kier alpha value is -13.0. The molecule has 102 heavy (non-hydrogen) atoms. The minimum Gasteiger partial charge on any atom is -0.278 e. The standard InChI is InChI=1S/C94H64N6Si2/c1-6-29-65(30-7-1)66-55-57-67(58-56-66)91-82-48-16-21-50-85(82)95-93(97-91)100-89-54-25-20-47-81(89)84-64-78(59-60-90(84)100)102(73-38-12-4-13-39-73,74-40-14-5-15-41-74)76-43-27-32-69(62-76)68-31-26-42-75(61-68)101(71-34-8-2-9-35-71,72-36-10-3-11-37-72)77-44-28-33-70(63-77)92-83-49-17-22-51-86(83)96-94(98-92)99-87-52-23-18-45-79(87)80-46-19-24-53-88(80)99/h1-64H. The Kier molecular flexibility index (Phi) is 14.8. The summed E-state index contributed by atoms with van der Waals surface area (Å²) < 4.78 is 4.50. The molecule has 4 heterocycles. The first-order chi connectivity index (χ1) is 50.6. The number of fused-ring (bicyclic) bond motifs is 8. The van der Waals surface area contributed by atoms with E-state index in [0.29, 0.717) is 11.9 Å². The fourth-order valence-electron chi connectivity index (χ4n) is 16.3. The van der Waals surface area contributed by atoms with Crippen LogP contribution in [0.1, 0.15) is 0 Å². The summed E-state index contributed by atoms with van der Waals surface area (Å²) in [6.45, 7) is 0. The van der Waals surface area contributed by atoms with Crippen LogP contribution in [0.15, 0.2) is 388 Å².